The van der Waals surface area contributed by atoms with Gasteiger partial charge in [0.1, 0.15) is 0 Å². The summed E-state index contributed by atoms with van der Waals surface area (Å²) in [6, 6.07) is 76.9. The predicted octanol–water partition coefficient (Wildman–Crippen LogP) is 16.5. The molecule has 1 atom stereocenters. The molecule has 1 nitrogen and oxygen atoms in total. The second-order valence-corrected chi connectivity index (χ2v) is 18.4. The molecule has 1 unspecified atom stereocenters. The summed E-state index contributed by atoms with van der Waals surface area (Å²) in [4.78, 5) is 2.51. The number of thiophene rings is 1. The van der Waals surface area contributed by atoms with Gasteiger partial charge in [0, 0.05) is 42.3 Å². The Kier molecular flexibility index (Phi) is 7.95. The highest BCUT2D eigenvalue weighted by Crippen LogP contribution is 2.56. The Hall–Kier alpha value is -7.00. The van der Waals surface area contributed by atoms with Gasteiger partial charge in [-0.25, -0.2) is 0 Å². The van der Waals surface area contributed by atoms with Crippen LogP contribution in [0.1, 0.15) is 48.6 Å². The summed E-state index contributed by atoms with van der Waals surface area (Å²) in [5.41, 5.74) is 20.1. The molecule has 1 heterocycles. The molecule has 0 spiro atoms. The van der Waals surface area contributed by atoms with Crippen LogP contribution in [0.4, 0.5) is 17.1 Å². The van der Waals surface area contributed by atoms with E-state index in [0.29, 0.717) is 0 Å². The van der Waals surface area contributed by atoms with Crippen LogP contribution in [0.3, 0.4) is 0 Å². The van der Waals surface area contributed by atoms with Crippen LogP contribution in [-0.2, 0) is 10.8 Å². The van der Waals surface area contributed by atoms with Gasteiger partial charge in [-0.05, 0) is 116 Å². The summed E-state index contributed by atoms with van der Waals surface area (Å²) in [5.74, 6) is 0. The first-order valence-corrected chi connectivity index (χ1v) is 22.2. The van der Waals surface area contributed by atoms with Crippen molar-refractivity contribution in [1.29, 1.82) is 0 Å². The molecular weight excluding hydrogens is 755 g/mol. The maximum absolute atomic E-state index is 2.51. The molecule has 61 heavy (non-hydrogen) atoms. The van der Waals surface area contributed by atoms with Gasteiger partial charge in [0.25, 0.3) is 0 Å². The van der Waals surface area contributed by atoms with E-state index in [9.17, 15) is 0 Å². The van der Waals surface area contributed by atoms with Gasteiger partial charge < -0.3 is 4.90 Å². The minimum absolute atomic E-state index is 0.153. The molecule has 0 radical (unpaired) electrons. The van der Waals surface area contributed by atoms with Gasteiger partial charge in [-0.2, -0.15) is 0 Å². The molecule has 0 bridgehead atoms. The number of nitrogens with zero attached hydrogens (tertiary/aromatic N) is 1. The molecule has 12 rings (SSSR count). The Morgan fingerprint density at radius 1 is 0.393 bits per heavy atom. The van der Waals surface area contributed by atoms with Crippen LogP contribution >= 0.6 is 11.3 Å². The second kappa shape index (κ2) is 13.5. The van der Waals surface area contributed by atoms with E-state index in [4.69, 9.17) is 0 Å². The summed E-state index contributed by atoms with van der Waals surface area (Å²) < 4.78 is 2.59. The van der Waals surface area contributed by atoms with Crippen LogP contribution in [0.25, 0.3) is 64.7 Å². The lowest BCUT2D eigenvalue weighted by atomic mass is 9.74. The fourth-order valence-electron chi connectivity index (χ4n) is 10.9. The molecule has 10 aromatic rings. The zero-order valence-corrected chi connectivity index (χ0v) is 35.3. The number of hydrogen-bond donors (Lipinski definition) is 0. The van der Waals surface area contributed by atoms with Crippen LogP contribution in [0.5, 0.6) is 0 Å². The third-order valence-corrected chi connectivity index (χ3v) is 14.9. The van der Waals surface area contributed by atoms with E-state index in [1.807, 2.05) is 11.3 Å². The molecule has 0 fully saturated rings. The molecule has 0 N–H and O–H groups in total. The van der Waals surface area contributed by atoms with Gasteiger partial charge in [-0.1, -0.05) is 178 Å². The first-order valence-electron chi connectivity index (χ1n) is 21.3. The van der Waals surface area contributed by atoms with Crippen LogP contribution in [0.2, 0.25) is 0 Å². The average molecular weight is 798 g/mol. The van der Waals surface area contributed by atoms with Gasteiger partial charge in [-0.15, -0.1) is 11.3 Å². The second-order valence-electron chi connectivity index (χ2n) is 17.3. The van der Waals surface area contributed by atoms with Crippen LogP contribution in [-0.4, -0.2) is 0 Å². The molecule has 1 aromatic heterocycles. The number of hydrogen-bond acceptors (Lipinski definition) is 2. The Bertz CT molecular complexity index is 3350. The smallest absolute Gasteiger partial charge is 0.0555 e. The number of rotatable bonds is 6. The number of para-hydroxylation sites is 1. The van der Waals surface area contributed by atoms with E-state index in [1.54, 1.807) is 0 Å². The summed E-state index contributed by atoms with van der Waals surface area (Å²) in [5, 5.41) is 2.57. The summed E-state index contributed by atoms with van der Waals surface area (Å²) in [7, 11) is 0. The largest absolute Gasteiger partial charge is 0.309 e. The molecule has 2 heteroatoms. The predicted molar refractivity (Wildman–Crippen MR) is 260 cm³/mol. The van der Waals surface area contributed by atoms with Crippen molar-refractivity contribution in [1.82, 2.24) is 0 Å². The third kappa shape index (κ3) is 5.25. The maximum atomic E-state index is 2.51. The van der Waals surface area contributed by atoms with Crippen molar-refractivity contribution < 1.29 is 0 Å². The normalized spacial score (nSPS) is 15.7. The van der Waals surface area contributed by atoms with Crippen LogP contribution in [0.15, 0.2) is 206 Å². The van der Waals surface area contributed by atoms with Crippen molar-refractivity contribution in [3.05, 3.63) is 234 Å². The molecule has 0 amide bonds. The van der Waals surface area contributed by atoms with E-state index in [0.717, 1.165) is 11.4 Å². The van der Waals surface area contributed by atoms with Crippen molar-refractivity contribution in [2.75, 3.05) is 4.90 Å². The minimum atomic E-state index is -0.251. The van der Waals surface area contributed by atoms with E-state index in [2.05, 4.69) is 232 Å². The van der Waals surface area contributed by atoms with Gasteiger partial charge in [0.2, 0.25) is 0 Å². The number of anilines is 3. The third-order valence-electron chi connectivity index (χ3n) is 13.8. The molecule has 0 aliphatic heterocycles. The van der Waals surface area contributed by atoms with Crippen molar-refractivity contribution in [3.8, 4) is 44.5 Å². The quantitative estimate of drug-likeness (QED) is 0.162. The maximum Gasteiger partial charge on any atom is 0.0555 e. The zero-order chi connectivity index (χ0) is 40.9. The van der Waals surface area contributed by atoms with E-state index >= 15 is 0 Å². The highest BCUT2D eigenvalue weighted by molar-refractivity contribution is 7.26. The molecule has 2 aliphatic rings. The lowest BCUT2D eigenvalue weighted by Crippen LogP contribution is -2.22. The fourth-order valence-corrected chi connectivity index (χ4v) is 12.0. The molecule has 9 aromatic carbocycles. The number of fused-ring (bicyclic) bond motifs is 9. The monoisotopic (exact) mass is 797 g/mol. The van der Waals surface area contributed by atoms with Crippen molar-refractivity contribution in [3.63, 3.8) is 0 Å². The highest BCUT2D eigenvalue weighted by atomic mass is 32.1. The molecule has 0 saturated carbocycles. The number of benzene rings is 9. The summed E-state index contributed by atoms with van der Waals surface area (Å²) in [6.45, 7) is 7.17. The first kappa shape index (κ1) is 35.9. The van der Waals surface area contributed by atoms with Crippen molar-refractivity contribution >= 4 is 48.6 Å². The molecule has 0 saturated heterocycles. The molecule has 290 valence electrons. The van der Waals surface area contributed by atoms with Gasteiger partial charge in [-0.3, -0.25) is 0 Å². The summed E-state index contributed by atoms with van der Waals surface area (Å²) >= 11 is 1.87. The fraction of sp³-hybridized carbons (Fsp3) is 0.0847. The van der Waals surface area contributed by atoms with Crippen LogP contribution in [0, 0.1) is 0 Å². The van der Waals surface area contributed by atoms with Gasteiger partial charge in [0.15, 0.2) is 0 Å². The molecular formula is C59H43NS. The van der Waals surface area contributed by atoms with Crippen LogP contribution < -0.4 is 4.90 Å². The standard InChI is InChI=1S/C59H43NS/c1-58(2)49-25-11-7-20-43(49)46-23-15-24-47(57(46)58)45-21-9-13-27-52(45)60(53-28-16-30-55-56(53)48-22-10-14-29-54(48)61-55)41-34-31-38(32-35-41)39-33-36-44-42-19-8-12-26-50(42)59(3,51(44)37-39)40-17-5-4-6-18-40/h4-37H,1-3H3. The van der Waals surface area contributed by atoms with E-state index in [1.165, 1.54) is 98.2 Å². The Morgan fingerprint density at radius 3 is 1.75 bits per heavy atom. The summed E-state index contributed by atoms with van der Waals surface area (Å²) in [6.07, 6.45) is 0. The topological polar surface area (TPSA) is 3.24 Å². The first-order chi connectivity index (χ1) is 29.9. The lowest BCUT2D eigenvalue weighted by molar-refractivity contribution is 0.662. The van der Waals surface area contributed by atoms with E-state index in [-0.39, 0.29) is 10.8 Å². The zero-order valence-electron chi connectivity index (χ0n) is 34.5. The Balaban J connectivity index is 1.04. The minimum Gasteiger partial charge on any atom is -0.309 e. The Labute approximate surface area is 361 Å². The Morgan fingerprint density at radius 2 is 0.951 bits per heavy atom. The van der Waals surface area contributed by atoms with Crippen molar-refractivity contribution in [2.45, 2.75) is 31.6 Å². The van der Waals surface area contributed by atoms with E-state index < -0.39 is 0 Å². The lowest BCUT2D eigenvalue weighted by Gasteiger charge is -2.31. The van der Waals surface area contributed by atoms with Crippen molar-refractivity contribution in [2.24, 2.45) is 0 Å². The SMILES string of the molecule is CC1(C)c2ccccc2-c2cccc(-c3ccccc3N(c3ccc(-c4ccc5c(c4)C(C)(c4ccccc4)c4ccccc4-5)cc3)c3cccc4sc5ccccc5c34)c21. The van der Waals surface area contributed by atoms with Gasteiger partial charge >= 0.3 is 0 Å². The average Bonchev–Trinajstić information content (AvgIpc) is 3.91. The highest BCUT2D eigenvalue weighted by Gasteiger charge is 2.41. The molecule has 2 aliphatic carbocycles. The van der Waals surface area contributed by atoms with Gasteiger partial charge in [0.05, 0.1) is 11.4 Å².